The fourth-order valence-electron chi connectivity index (χ4n) is 3.76. The zero-order valence-electron chi connectivity index (χ0n) is 13.7. The summed E-state index contributed by atoms with van der Waals surface area (Å²) in [5.74, 6) is 0.309. The summed E-state index contributed by atoms with van der Waals surface area (Å²) in [5, 5.41) is 8.81. The van der Waals surface area contributed by atoms with Crippen molar-refractivity contribution in [2.45, 2.75) is 50.0 Å². The van der Waals surface area contributed by atoms with Crippen LogP contribution in [-0.4, -0.2) is 48.3 Å². The highest BCUT2D eigenvalue weighted by Crippen LogP contribution is 2.45. The van der Waals surface area contributed by atoms with Gasteiger partial charge in [-0.1, -0.05) is 36.8 Å². The van der Waals surface area contributed by atoms with Crippen LogP contribution in [0.1, 0.15) is 44.1 Å². The molecule has 0 spiro atoms. The molecule has 1 N–H and O–H groups in total. The number of nitrogens with zero attached hydrogens (tertiary/aromatic N) is 1. The number of likely N-dealkylation sites (tertiary alicyclic amines) is 1. The molecule has 126 valence electrons. The Balaban J connectivity index is 1.59. The van der Waals surface area contributed by atoms with Gasteiger partial charge in [0.2, 0.25) is 5.91 Å². The van der Waals surface area contributed by atoms with Gasteiger partial charge in [0, 0.05) is 26.3 Å². The normalized spacial score (nSPS) is 21.0. The van der Waals surface area contributed by atoms with Crippen molar-refractivity contribution in [3.8, 4) is 0 Å². The average Bonchev–Trinajstić information content (AvgIpc) is 2.56. The summed E-state index contributed by atoms with van der Waals surface area (Å²) in [6.45, 7) is 2.37. The minimum absolute atomic E-state index is 0.178. The van der Waals surface area contributed by atoms with E-state index >= 15 is 0 Å². The number of ether oxygens (including phenoxy) is 1. The molecule has 1 aliphatic carbocycles. The lowest BCUT2D eigenvalue weighted by Crippen LogP contribution is -2.53. The zero-order valence-corrected chi connectivity index (χ0v) is 13.7. The lowest BCUT2D eigenvalue weighted by atomic mass is 9.63. The van der Waals surface area contributed by atoms with Crippen molar-refractivity contribution in [3.63, 3.8) is 0 Å². The molecule has 0 bridgehead atoms. The number of amides is 1. The Morgan fingerprint density at radius 2 is 1.91 bits per heavy atom. The van der Waals surface area contributed by atoms with Crippen LogP contribution in [0, 0.1) is 0 Å². The second-order valence-corrected chi connectivity index (χ2v) is 6.74. The van der Waals surface area contributed by atoms with E-state index in [4.69, 9.17) is 9.84 Å². The van der Waals surface area contributed by atoms with Gasteiger partial charge in [0.25, 0.3) is 0 Å². The van der Waals surface area contributed by atoms with E-state index in [0.717, 1.165) is 45.2 Å². The van der Waals surface area contributed by atoms with Gasteiger partial charge in [0.15, 0.2) is 0 Å². The molecule has 0 unspecified atom stereocenters. The Morgan fingerprint density at radius 1 is 1.22 bits per heavy atom. The molecule has 4 nitrogen and oxygen atoms in total. The summed E-state index contributed by atoms with van der Waals surface area (Å²) in [6, 6.07) is 10.3. The zero-order chi connectivity index (χ0) is 16.1. The fraction of sp³-hybridized carbons (Fsp3) is 0.632. The Kier molecular flexibility index (Phi) is 5.34. The number of piperidine rings is 1. The van der Waals surface area contributed by atoms with Crippen LogP contribution < -0.4 is 0 Å². The molecule has 1 aromatic rings. The molecule has 2 aliphatic rings. The third kappa shape index (κ3) is 3.43. The van der Waals surface area contributed by atoms with Gasteiger partial charge in [-0.2, -0.15) is 0 Å². The van der Waals surface area contributed by atoms with Crippen LogP contribution in [0.5, 0.6) is 0 Å². The summed E-state index contributed by atoms with van der Waals surface area (Å²) in [4.78, 5) is 15.2. The number of aliphatic hydroxyl groups excluding tert-OH is 1. The number of hydrogen-bond donors (Lipinski definition) is 1. The molecule has 3 rings (SSSR count). The SMILES string of the molecule is O=C(N1CCC(OCCCO)CC1)C1(c2ccccc2)CCC1. The van der Waals surface area contributed by atoms with Crippen molar-refractivity contribution in [1.29, 1.82) is 0 Å². The van der Waals surface area contributed by atoms with Crippen LogP contribution in [0.3, 0.4) is 0 Å². The molecule has 1 heterocycles. The van der Waals surface area contributed by atoms with Crippen molar-refractivity contribution in [2.75, 3.05) is 26.3 Å². The van der Waals surface area contributed by atoms with E-state index in [2.05, 4.69) is 12.1 Å². The molecular formula is C19H27NO3. The van der Waals surface area contributed by atoms with E-state index in [9.17, 15) is 4.79 Å². The monoisotopic (exact) mass is 317 g/mol. The lowest BCUT2D eigenvalue weighted by Gasteiger charge is -2.45. The summed E-state index contributed by atoms with van der Waals surface area (Å²) >= 11 is 0. The Hall–Kier alpha value is -1.39. The molecule has 0 radical (unpaired) electrons. The van der Waals surface area contributed by atoms with Crippen molar-refractivity contribution < 1.29 is 14.6 Å². The number of aliphatic hydroxyl groups is 1. The van der Waals surface area contributed by atoms with Crippen molar-refractivity contribution >= 4 is 5.91 Å². The predicted molar refractivity (Wildman–Crippen MR) is 89.2 cm³/mol. The van der Waals surface area contributed by atoms with Gasteiger partial charge in [0.1, 0.15) is 0 Å². The predicted octanol–water partition coefficient (Wildman–Crippen LogP) is 2.50. The number of carbonyl (C=O) groups is 1. The smallest absolute Gasteiger partial charge is 0.233 e. The van der Waals surface area contributed by atoms with Crippen molar-refractivity contribution in [3.05, 3.63) is 35.9 Å². The van der Waals surface area contributed by atoms with Crippen molar-refractivity contribution in [2.24, 2.45) is 0 Å². The first-order valence-corrected chi connectivity index (χ1v) is 8.84. The van der Waals surface area contributed by atoms with Crippen LogP contribution in [-0.2, 0) is 14.9 Å². The first kappa shape index (κ1) is 16.5. The van der Waals surface area contributed by atoms with E-state index in [1.807, 2.05) is 23.1 Å². The molecule has 2 fully saturated rings. The molecule has 23 heavy (non-hydrogen) atoms. The fourth-order valence-corrected chi connectivity index (χ4v) is 3.76. The van der Waals surface area contributed by atoms with Crippen LogP contribution >= 0.6 is 0 Å². The molecule has 4 heteroatoms. The molecule has 1 saturated carbocycles. The second-order valence-electron chi connectivity index (χ2n) is 6.74. The maximum absolute atomic E-state index is 13.1. The van der Waals surface area contributed by atoms with Crippen LogP contribution in [0.25, 0.3) is 0 Å². The summed E-state index contributed by atoms with van der Waals surface area (Å²) in [6.07, 6.45) is 5.83. The van der Waals surface area contributed by atoms with Crippen LogP contribution in [0.15, 0.2) is 30.3 Å². The molecule has 1 aliphatic heterocycles. The van der Waals surface area contributed by atoms with E-state index in [0.29, 0.717) is 18.9 Å². The molecule has 1 saturated heterocycles. The number of carbonyl (C=O) groups excluding carboxylic acids is 1. The van der Waals surface area contributed by atoms with Crippen LogP contribution in [0.2, 0.25) is 0 Å². The van der Waals surface area contributed by atoms with E-state index < -0.39 is 0 Å². The van der Waals surface area contributed by atoms with Gasteiger partial charge < -0.3 is 14.7 Å². The van der Waals surface area contributed by atoms with Gasteiger partial charge in [0.05, 0.1) is 11.5 Å². The minimum Gasteiger partial charge on any atom is -0.396 e. The maximum Gasteiger partial charge on any atom is 0.233 e. The largest absolute Gasteiger partial charge is 0.396 e. The molecule has 1 aromatic carbocycles. The quantitative estimate of drug-likeness (QED) is 0.820. The molecule has 1 amide bonds. The highest BCUT2D eigenvalue weighted by Gasteiger charge is 2.47. The lowest BCUT2D eigenvalue weighted by molar-refractivity contribution is -0.143. The van der Waals surface area contributed by atoms with E-state index in [1.54, 1.807) is 0 Å². The first-order chi connectivity index (χ1) is 11.3. The molecule has 0 atom stereocenters. The Morgan fingerprint density at radius 3 is 2.48 bits per heavy atom. The van der Waals surface area contributed by atoms with E-state index in [1.165, 1.54) is 5.56 Å². The van der Waals surface area contributed by atoms with Gasteiger partial charge in [-0.05, 0) is 37.7 Å². The van der Waals surface area contributed by atoms with E-state index in [-0.39, 0.29) is 18.1 Å². The first-order valence-electron chi connectivity index (χ1n) is 8.84. The number of benzene rings is 1. The molecule has 0 aromatic heterocycles. The Bertz CT molecular complexity index is 505. The second kappa shape index (κ2) is 7.45. The average molecular weight is 317 g/mol. The van der Waals surface area contributed by atoms with Gasteiger partial charge >= 0.3 is 0 Å². The highest BCUT2D eigenvalue weighted by molar-refractivity contribution is 5.89. The van der Waals surface area contributed by atoms with Crippen LogP contribution in [0.4, 0.5) is 0 Å². The highest BCUT2D eigenvalue weighted by atomic mass is 16.5. The standard InChI is InChI=1S/C19H27NO3/c21-14-5-15-23-17-8-12-20(13-9-17)18(22)19(10-4-11-19)16-6-2-1-3-7-16/h1-3,6-7,17,21H,4-5,8-15H2. The third-order valence-corrected chi connectivity index (χ3v) is 5.33. The van der Waals surface area contributed by atoms with Gasteiger partial charge in [-0.3, -0.25) is 4.79 Å². The van der Waals surface area contributed by atoms with Gasteiger partial charge in [-0.15, -0.1) is 0 Å². The summed E-state index contributed by atoms with van der Waals surface area (Å²) < 4.78 is 5.76. The topological polar surface area (TPSA) is 49.8 Å². The van der Waals surface area contributed by atoms with Gasteiger partial charge in [-0.25, -0.2) is 0 Å². The summed E-state index contributed by atoms with van der Waals surface area (Å²) in [5.41, 5.74) is 0.906. The Labute approximate surface area is 138 Å². The minimum atomic E-state index is -0.272. The maximum atomic E-state index is 13.1. The summed E-state index contributed by atoms with van der Waals surface area (Å²) in [7, 11) is 0. The third-order valence-electron chi connectivity index (χ3n) is 5.33. The number of rotatable bonds is 6. The van der Waals surface area contributed by atoms with Crippen molar-refractivity contribution in [1.82, 2.24) is 4.90 Å². The number of hydrogen-bond acceptors (Lipinski definition) is 3. The molecular weight excluding hydrogens is 290 g/mol.